The Morgan fingerprint density at radius 2 is 1.62 bits per heavy atom. The van der Waals surface area contributed by atoms with Crippen LogP contribution in [0.4, 0.5) is 14.5 Å². The predicted molar refractivity (Wildman–Crippen MR) is 106 cm³/mol. The molecule has 0 fully saturated rings. The fourth-order valence-electron chi connectivity index (χ4n) is 3.11. The molecule has 0 unspecified atom stereocenters. The van der Waals surface area contributed by atoms with E-state index in [4.69, 9.17) is 4.74 Å². The summed E-state index contributed by atoms with van der Waals surface area (Å²) >= 11 is 0. The Labute approximate surface area is 181 Å². The van der Waals surface area contributed by atoms with Gasteiger partial charge in [-0.25, -0.2) is 13.6 Å². The second kappa shape index (κ2) is 10.9. The number of nitrogens with zero attached hydrogens (tertiary/aromatic N) is 1. The van der Waals surface area contributed by atoms with Crippen LogP contribution in [0.3, 0.4) is 0 Å². The molecule has 11 heteroatoms. The molecule has 170 valence electrons. The first-order valence-corrected chi connectivity index (χ1v) is 9.28. The molecule has 2 aromatic rings. The lowest BCUT2D eigenvalue weighted by atomic mass is 9.88. The van der Waals surface area contributed by atoms with Crippen molar-refractivity contribution in [3.05, 3.63) is 75.3 Å². The van der Waals surface area contributed by atoms with E-state index in [0.29, 0.717) is 11.6 Å². The first-order valence-electron chi connectivity index (χ1n) is 9.28. The van der Waals surface area contributed by atoms with Gasteiger partial charge in [-0.15, -0.1) is 0 Å². The molecular formula is C21H20F2N2O7. The molecule has 0 aliphatic rings. The summed E-state index contributed by atoms with van der Waals surface area (Å²) in [4.78, 5) is 47.2. The second-order valence-corrected chi connectivity index (χ2v) is 6.76. The van der Waals surface area contributed by atoms with E-state index >= 15 is 0 Å². The van der Waals surface area contributed by atoms with E-state index in [1.807, 2.05) is 0 Å². The Balaban J connectivity index is 2.34. The Bertz CT molecular complexity index is 991. The number of ether oxygens (including phenoxy) is 2. The summed E-state index contributed by atoms with van der Waals surface area (Å²) in [6.07, 6.45) is -0.809. The van der Waals surface area contributed by atoms with Crippen LogP contribution < -0.4 is 5.32 Å². The molecule has 1 amide bonds. The van der Waals surface area contributed by atoms with E-state index in [0.717, 1.165) is 26.4 Å². The lowest BCUT2D eigenvalue weighted by molar-refractivity contribution is -0.384. The van der Waals surface area contributed by atoms with Gasteiger partial charge in [-0.1, -0.05) is 12.1 Å². The summed E-state index contributed by atoms with van der Waals surface area (Å²) in [6.45, 7) is 0. The van der Waals surface area contributed by atoms with Crippen LogP contribution in [-0.4, -0.2) is 43.0 Å². The SMILES string of the molecule is COC(=O)C[C@H](c1ccc([N+](=O)[O-])cc1)[C@@H](NC(=O)Cc1cc(F)cc(F)c1)C(=O)OC. The van der Waals surface area contributed by atoms with Crippen molar-refractivity contribution in [1.29, 1.82) is 0 Å². The molecule has 2 rings (SSSR count). The van der Waals surface area contributed by atoms with Crippen LogP contribution in [0.1, 0.15) is 23.5 Å². The molecule has 0 aliphatic heterocycles. The Morgan fingerprint density at radius 3 is 2.12 bits per heavy atom. The molecule has 0 heterocycles. The number of benzene rings is 2. The minimum absolute atomic E-state index is 0.0310. The van der Waals surface area contributed by atoms with Gasteiger partial charge in [0, 0.05) is 24.1 Å². The molecule has 0 radical (unpaired) electrons. The van der Waals surface area contributed by atoms with Crippen molar-refractivity contribution in [1.82, 2.24) is 5.32 Å². The third-order valence-corrected chi connectivity index (χ3v) is 4.61. The van der Waals surface area contributed by atoms with Crippen LogP contribution in [0, 0.1) is 21.7 Å². The van der Waals surface area contributed by atoms with Crippen molar-refractivity contribution < 1.29 is 37.6 Å². The van der Waals surface area contributed by atoms with Crippen LogP contribution in [0.2, 0.25) is 0 Å². The van der Waals surface area contributed by atoms with E-state index in [9.17, 15) is 33.3 Å². The van der Waals surface area contributed by atoms with Gasteiger partial charge >= 0.3 is 11.9 Å². The van der Waals surface area contributed by atoms with Gasteiger partial charge in [0.25, 0.3) is 5.69 Å². The number of nitrogens with one attached hydrogen (secondary N) is 1. The molecule has 0 saturated carbocycles. The average Bonchev–Trinajstić information content (AvgIpc) is 2.74. The number of esters is 2. The summed E-state index contributed by atoms with van der Waals surface area (Å²) < 4.78 is 36.2. The summed E-state index contributed by atoms with van der Waals surface area (Å²) in [5.74, 6) is -5.09. The number of halogens is 2. The molecule has 1 N–H and O–H groups in total. The zero-order valence-corrected chi connectivity index (χ0v) is 17.2. The lowest BCUT2D eigenvalue weighted by Gasteiger charge is -2.26. The molecule has 0 bridgehead atoms. The Hall–Kier alpha value is -3.89. The highest BCUT2D eigenvalue weighted by Crippen LogP contribution is 2.27. The van der Waals surface area contributed by atoms with E-state index in [-0.39, 0.29) is 17.7 Å². The first-order chi connectivity index (χ1) is 15.1. The highest BCUT2D eigenvalue weighted by atomic mass is 19.1. The minimum atomic E-state index is -1.38. The van der Waals surface area contributed by atoms with Crippen LogP contribution in [0.15, 0.2) is 42.5 Å². The maximum absolute atomic E-state index is 13.4. The summed E-state index contributed by atoms with van der Waals surface area (Å²) in [5.41, 5.74) is 0.148. The molecule has 0 aliphatic carbocycles. The normalized spacial score (nSPS) is 12.4. The van der Waals surface area contributed by atoms with Crippen molar-refractivity contribution in [2.24, 2.45) is 0 Å². The lowest BCUT2D eigenvalue weighted by Crippen LogP contribution is -2.46. The van der Waals surface area contributed by atoms with Crippen molar-refractivity contribution in [2.45, 2.75) is 24.8 Å². The van der Waals surface area contributed by atoms with Crippen LogP contribution in [-0.2, 0) is 30.3 Å². The van der Waals surface area contributed by atoms with E-state index in [2.05, 4.69) is 10.1 Å². The van der Waals surface area contributed by atoms with Gasteiger partial charge in [0.15, 0.2) is 0 Å². The fraction of sp³-hybridized carbons (Fsp3) is 0.286. The number of hydrogen-bond donors (Lipinski definition) is 1. The smallest absolute Gasteiger partial charge is 0.329 e. The van der Waals surface area contributed by atoms with Crippen molar-refractivity contribution in [2.75, 3.05) is 14.2 Å². The van der Waals surface area contributed by atoms with Crippen LogP contribution >= 0.6 is 0 Å². The average molecular weight is 450 g/mol. The third kappa shape index (κ3) is 6.56. The highest BCUT2D eigenvalue weighted by molar-refractivity contribution is 5.87. The number of hydrogen-bond acceptors (Lipinski definition) is 7. The maximum atomic E-state index is 13.4. The molecule has 2 atom stereocenters. The monoisotopic (exact) mass is 450 g/mol. The number of methoxy groups -OCH3 is 2. The van der Waals surface area contributed by atoms with Gasteiger partial charge in [-0.05, 0) is 23.3 Å². The molecule has 0 aromatic heterocycles. The number of nitro benzene ring substituents is 1. The number of carbonyl (C=O) groups is 3. The number of amides is 1. The van der Waals surface area contributed by atoms with Crippen LogP contribution in [0.25, 0.3) is 0 Å². The van der Waals surface area contributed by atoms with Crippen LogP contribution in [0.5, 0.6) is 0 Å². The maximum Gasteiger partial charge on any atom is 0.329 e. The predicted octanol–water partition coefficient (Wildman–Crippen LogP) is 2.42. The molecule has 0 spiro atoms. The van der Waals surface area contributed by atoms with Gasteiger partial charge < -0.3 is 14.8 Å². The zero-order chi connectivity index (χ0) is 23.8. The Kier molecular flexibility index (Phi) is 8.33. The molecular weight excluding hydrogens is 430 g/mol. The second-order valence-electron chi connectivity index (χ2n) is 6.76. The molecule has 9 nitrogen and oxygen atoms in total. The van der Waals surface area contributed by atoms with Crippen molar-refractivity contribution in [3.8, 4) is 0 Å². The zero-order valence-electron chi connectivity index (χ0n) is 17.2. The standard InChI is InChI=1S/C21H20F2N2O7/c1-31-19(27)11-17(13-3-5-16(6-4-13)25(29)30)20(21(28)32-2)24-18(26)9-12-7-14(22)10-15(23)8-12/h3-8,10,17,20H,9,11H2,1-2H3,(H,24,26)/t17-,20-/m1/s1. The summed E-state index contributed by atoms with van der Waals surface area (Å²) in [7, 11) is 2.22. The van der Waals surface area contributed by atoms with Gasteiger partial charge in [0.1, 0.15) is 17.7 Å². The first kappa shape index (κ1) is 24.4. The number of nitro groups is 1. The number of non-ortho nitro benzene ring substituents is 1. The third-order valence-electron chi connectivity index (χ3n) is 4.61. The quantitative estimate of drug-likeness (QED) is 0.353. The van der Waals surface area contributed by atoms with E-state index in [1.165, 1.54) is 24.3 Å². The molecule has 32 heavy (non-hydrogen) atoms. The van der Waals surface area contributed by atoms with Gasteiger partial charge in [-0.3, -0.25) is 19.7 Å². The van der Waals surface area contributed by atoms with E-state index < -0.39 is 52.8 Å². The van der Waals surface area contributed by atoms with Crippen molar-refractivity contribution >= 4 is 23.5 Å². The van der Waals surface area contributed by atoms with Crippen molar-refractivity contribution in [3.63, 3.8) is 0 Å². The number of carbonyl (C=O) groups excluding carboxylic acids is 3. The minimum Gasteiger partial charge on any atom is -0.469 e. The van der Waals surface area contributed by atoms with Gasteiger partial charge in [-0.2, -0.15) is 0 Å². The topological polar surface area (TPSA) is 125 Å². The van der Waals surface area contributed by atoms with E-state index in [1.54, 1.807) is 0 Å². The fourth-order valence-corrected chi connectivity index (χ4v) is 3.11. The summed E-state index contributed by atoms with van der Waals surface area (Å²) in [5, 5.41) is 13.3. The highest BCUT2D eigenvalue weighted by Gasteiger charge is 2.34. The summed E-state index contributed by atoms with van der Waals surface area (Å²) in [6, 6.07) is 6.27. The van der Waals surface area contributed by atoms with Gasteiger partial charge in [0.2, 0.25) is 5.91 Å². The number of rotatable bonds is 9. The Morgan fingerprint density at radius 1 is 1.03 bits per heavy atom. The molecule has 0 saturated heterocycles. The van der Waals surface area contributed by atoms with Gasteiger partial charge in [0.05, 0.1) is 32.0 Å². The molecule has 2 aromatic carbocycles. The largest absolute Gasteiger partial charge is 0.469 e.